The Morgan fingerprint density at radius 2 is 1.36 bits per heavy atom. The SMILES string of the molecule is CCc1cccc(NC(=O)c2ccc(C(=O)Nc3cccc(CC)c3)nc2)c1. The normalized spacial score (nSPS) is 10.4. The Hall–Kier alpha value is -3.47. The molecule has 0 aliphatic rings. The summed E-state index contributed by atoms with van der Waals surface area (Å²) < 4.78 is 0. The maximum absolute atomic E-state index is 12.4. The molecule has 2 N–H and O–H groups in total. The van der Waals surface area contributed by atoms with Gasteiger partial charge < -0.3 is 10.6 Å². The second-order valence-electron chi connectivity index (χ2n) is 6.45. The summed E-state index contributed by atoms with van der Waals surface area (Å²) in [4.78, 5) is 28.9. The number of benzene rings is 2. The molecule has 28 heavy (non-hydrogen) atoms. The highest BCUT2D eigenvalue weighted by atomic mass is 16.2. The smallest absolute Gasteiger partial charge is 0.274 e. The molecular weight excluding hydrogens is 350 g/mol. The monoisotopic (exact) mass is 373 g/mol. The van der Waals surface area contributed by atoms with Crippen molar-refractivity contribution in [2.75, 3.05) is 10.6 Å². The Morgan fingerprint density at radius 3 is 1.86 bits per heavy atom. The maximum Gasteiger partial charge on any atom is 0.274 e. The van der Waals surface area contributed by atoms with Crippen molar-refractivity contribution in [2.24, 2.45) is 0 Å². The van der Waals surface area contributed by atoms with Gasteiger partial charge in [0.05, 0.1) is 5.56 Å². The highest BCUT2D eigenvalue weighted by Crippen LogP contribution is 2.14. The standard InChI is InChI=1S/C23H23N3O2/c1-3-16-7-5-9-19(13-16)25-22(27)18-11-12-21(24-15-18)23(28)26-20-10-6-8-17(4-2)14-20/h5-15H,3-4H2,1-2H3,(H,25,27)(H,26,28). The second-order valence-corrected chi connectivity index (χ2v) is 6.45. The van der Waals surface area contributed by atoms with E-state index >= 15 is 0 Å². The minimum absolute atomic E-state index is 0.256. The zero-order valence-corrected chi connectivity index (χ0v) is 16.0. The number of aromatic nitrogens is 1. The molecule has 0 aliphatic heterocycles. The molecule has 0 fully saturated rings. The Balaban J connectivity index is 1.66. The highest BCUT2D eigenvalue weighted by molar-refractivity contribution is 6.06. The first-order chi connectivity index (χ1) is 13.6. The molecule has 0 saturated heterocycles. The lowest BCUT2D eigenvalue weighted by atomic mass is 10.1. The van der Waals surface area contributed by atoms with Gasteiger partial charge in [-0.05, 0) is 60.4 Å². The minimum Gasteiger partial charge on any atom is -0.322 e. The van der Waals surface area contributed by atoms with E-state index in [0.29, 0.717) is 5.56 Å². The van der Waals surface area contributed by atoms with Gasteiger partial charge in [0.2, 0.25) is 0 Å². The zero-order valence-electron chi connectivity index (χ0n) is 16.0. The third-order valence-electron chi connectivity index (χ3n) is 4.44. The first-order valence-corrected chi connectivity index (χ1v) is 9.35. The summed E-state index contributed by atoms with van der Waals surface area (Å²) in [5, 5.41) is 5.69. The fourth-order valence-corrected chi connectivity index (χ4v) is 2.80. The number of hydrogen-bond acceptors (Lipinski definition) is 3. The Kier molecular flexibility index (Phi) is 6.17. The van der Waals surface area contributed by atoms with Crippen LogP contribution >= 0.6 is 0 Å². The molecule has 0 saturated carbocycles. The summed E-state index contributed by atoms with van der Waals surface area (Å²) >= 11 is 0. The van der Waals surface area contributed by atoms with E-state index in [2.05, 4.69) is 29.5 Å². The van der Waals surface area contributed by atoms with Gasteiger partial charge in [-0.2, -0.15) is 0 Å². The lowest BCUT2D eigenvalue weighted by Gasteiger charge is -2.08. The number of anilines is 2. The van der Waals surface area contributed by atoms with E-state index < -0.39 is 0 Å². The van der Waals surface area contributed by atoms with E-state index in [1.54, 1.807) is 12.1 Å². The summed E-state index contributed by atoms with van der Waals surface area (Å²) in [6.45, 7) is 4.12. The average molecular weight is 373 g/mol. The molecule has 3 aromatic rings. The first-order valence-electron chi connectivity index (χ1n) is 9.35. The molecule has 1 heterocycles. The summed E-state index contributed by atoms with van der Waals surface area (Å²) in [5.41, 5.74) is 4.41. The number of nitrogens with one attached hydrogen (secondary N) is 2. The summed E-state index contributed by atoms with van der Waals surface area (Å²) in [6, 6.07) is 18.6. The van der Waals surface area contributed by atoms with Gasteiger partial charge in [0.25, 0.3) is 11.8 Å². The van der Waals surface area contributed by atoms with E-state index in [1.165, 1.54) is 6.20 Å². The quantitative estimate of drug-likeness (QED) is 0.657. The van der Waals surface area contributed by atoms with Crippen molar-refractivity contribution < 1.29 is 9.59 Å². The molecular formula is C23H23N3O2. The number of carbonyl (C=O) groups is 2. The molecule has 3 rings (SSSR count). The van der Waals surface area contributed by atoms with Crippen LogP contribution in [0.1, 0.15) is 45.8 Å². The van der Waals surface area contributed by atoms with Gasteiger partial charge in [0.1, 0.15) is 5.69 Å². The lowest BCUT2D eigenvalue weighted by molar-refractivity contribution is 0.101. The maximum atomic E-state index is 12.4. The molecule has 1 aromatic heterocycles. The summed E-state index contributed by atoms with van der Waals surface area (Å²) in [5.74, 6) is -0.570. The molecule has 0 atom stereocenters. The number of hydrogen-bond donors (Lipinski definition) is 2. The van der Waals surface area contributed by atoms with Crippen molar-refractivity contribution >= 4 is 23.2 Å². The molecule has 0 spiro atoms. The Labute approximate surface area is 164 Å². The van der Waals surface area contributed by atoms with Crippen LogP contribution in [0.3, 0.4) is 0 Å². The van der Waals surface area contributed by atoms with Gasteiger partial charge >= 0.3 is 0 Å². The Bertz CT molecular complexity index is 901. The predicted molar refractivity (Wildman–Crippen MR) is 112 cm³/mol. The van der Waals surface area contributed by atoms with Gasteiger partial charge in [-0.1, -0.05) is 38.1 Å². The Morgan fingerprint density at radius 1 is 0.786 bits per heavy atom. The van der Waals surface area contributed by atoms with Gasteiger partial charge in [-0.25, -0.2) is 0 Å². The van der Waals surface area contributed by atoms with Crippen LogP contribution in [-0.2, 0) is 12.8 Å². The predicted octanol–water partition coefficient (Wildman–Crippen LogP) is 4.71. The molecule has 0 aliphatic carbocycles. The van der Waals surface area contributed by atoms with Crippen molar-refractivity contribution in [3.63, 3.8) is 0 Å². The number of nitrogens with zero attached hydrogens (tertiary/aromatic N) is 1. The van der Waals surface area contributed by atoms with Crippen LogP contribution in [0.5, 0.6) is 0 Å². The van der Waals surface area contributed by atoms with Crippen LogP contribution in [0.4, 0.5) is 11.4 Å². The van der Waals surface area contributed by atoms with Crippen molar-refractivity contribution in [1.29, 1.82) is 0 Å². The van der Waals surface area contributed by atoms with Crippen LogP contribution in [0.25, 0.3) is 0 Å². The number of amides is 2. The van der Waals surface area contributed by atoms with Crippen LogP contribution in [-0.4, -0.2) is 16.8 Å². The van der Waals surface area contributed by atoms with E-state index in [0.717, 1.165) is 35.3 Å². The molecule has 5 nitrogen and oxygen atoms in total. The summed E-state index contributed by atoms with van der Waals surface area (Å²) in [7, 11) is 0. The lowest BCUT2D eigenvalue weighted by Crippen LogP contribution is -2.16. The van der Waals surface area contributed by atoms with Gasteiger partial charge in [0.15, 0.2) is 0 Å². The minimum atomic E-state index is -0.309. The first kappa shape index (κ1) is 19.3. The van der Waals surface area contributed by atoms with Gasteiger partial charge in [-0.3, -0.25) is 14.6 Å². The van der Waals surface area contributed by atoms with Crippen LogP contribution in [0, 0.1) is 0 Å². The van der Waals surface area contributed by atoms with E-state index in [4.69, 9.17) is 0 Å². The topological polar surface area (TPSA) is 71.1 Å². The van der Waals surface area contributed by atoms with Crippen molar-refractivity contribution in [3.05, 3.63) is 89.2 Å². The third kappa shape index (κ3) is 4.82. The largest absolute Gasteiger partial charge is 0.322 e. The van der Waals surface area contributed by atoms with Crippen LogP contribution < -0.4 is 10.6 Å². The average Bonchev–Trinajstić information content (AvgIpc) is 2.74. The number of carbonyl (C=O) groups excluding carboxylic acids is 2. The van der Waals surface area contributed by atoms with Crippen LogP contribution in [0.2, 0.25) is 0 Å². The van der Waals surface area contributed by atoms with Crippen LogP contribution in [0.15, 0.2) is 66.9 Å². The number of rotatable bonds is 6. The third-order valence-corrected chi connectivity index (χ3v) is 4.44. The molecule has 0 bridgehead atoms. The molecule has 0 radical (unpaired) electrons. The molecule has 142 valence electrons. The highest BCUT2D eigenvalue weighted by Gasteiger charge is 2.11. The van der Waals surface area contributed by atoms with Crippen molar-refractivity contribution in [3.8, 4) is 0 Å². The fourth-order valence-electron chi connectivity index (χ4n) is 2.80. The van der Waals surface area contributed by atoms with Gasteiger partial charge in [-0.15, -0.1) is 0 Å². The molecule has 2 aromatic carbocycles. The zero-order chi connectivity index (χ0) is 19.9. The second kappa shape index (κ2) is 8.95. The van der Waals surface area contributed by atoms with Crippen molar-refractivity contribution in [2.45, 2.75) is 26.7 Å². The van der Waals surface area contributed by atoms with Crippen molar-refractivity contribution in [1.82, 2.24) is 4.98 Å². The van der Waals surface area contributed by atoms with E-state index in [9.17, 15) is 9.59 Å². The van der Waals surface area contributed by atoms with Gasteiger partial charge in [0, 0.05) is 17.6 Å². The van der Waals surface area contributed by atoms with E-state index in [-0.39, 0.29) is 17.5 Å². The van der Waals surface area contributed by atoms with E-state index in [1.807, 2.05) is 48.5 Å². The number of aryl methyl sites for hydroxylation is 2. The molecule has 2 amide bonds. The number of pyridine rings is 1. The molecule has 0 unspecified atom stereocenters. The fraction of sp³-hybridized carbons (Fsp3) is 0.174. The summed E-state index contributed by atoms with van der Waals surface area (Å²) in [6.07, 6.45) is 3.21. The molecule has 5 heteroatoms.